The van der Waals surface area contributed by atoms with Crippen LogP contribution < -0.4 is 5.32 Å². The third kappa shape index (κ3) is 4.79. The van der Waals surface area contributed by atoms with Crippen LogP contribution in [0.2, 0.25) is 0 Å². The summed E-state index contributed by atoms with van der Waals surface area (Å²) < 4.78 is 5.90. The lowest BCUT2D eigenvalue weighted by molar-refractivity contribution is 0.0957. The number of benzene rings is 1. The molecule has 7 nitrogen and oxygen atoms in total. The summed E-state index contributed by atoms with van der Waals surface area (Å²) in [7, 11) is 1.59. The molecule has 1 amide bonds. The lowest BCUT2D eigenvalue weighted by Gasteiger charge is -2.21. The van der Waals surface area contributed by atoms with E-state index in [2.05, 4.69) is 54.5 Å². The van der Waals surface area contributed by atoms with Gasteiger partial charge < -0.3 is 9.73 Å². The lowest BCUT2D eigenvalue weighted by Crippen LogP contribution is -2.33. The van der Waals surface area contributed by atoms with Gasteiger partial charge in [0.05, 0.1) is 15.1 Å². The Hall–Kier alpha value is -2.04. The quantitative estimate of drug-likeness (QED) is 0.522. The van der Waals surface area contributed by atoms with Crippen molar-refractivity contribution in [3.63, 3.8) is 0 Å². The number of aryl methyl sites for hydroxylation is 2. The first-order valence-corrected chi connectivity index (χ1v) is 15.0. The normalized spacial score (nSPS) is 29.8. The predicted molar refractivity (Wildman–Crippen MR) is 153 cm³/mol. The molecular formula is C26H31N5O2S3. The number of hydrogen-bond donors (Lipinski definition) is 1. The van der Waals surface area contributed by atoms with Crippen LogP contribution in [0.25, 0.3) is 0 Å². The van der Waals surface area contributed by atoms with Gasteiger partial charge in [0.2, 0.25) is 5.89 Å². The maximum absolute atomic E-state index is 12.1. The molecule has 0 bridgehead atoms. The minimum Gasteiger partial charge on any atom is -0.442 e. The number of aromatic nitrogens is 1. The number of hydrogen-bond acceptors (Lipinski definition) is 9. The first-order chi connectivity index (χ1) is 17.1. The standard InChI is InChI=1S/C26H31N5O2S3/c1-16-19(20(32)27-5)28-21(33-16)24(2)13-35-23(30-24)26(4)15-36-22(31-26)25(3)14-34-18(29-25)12-11-17-9-7-6-8-10-17/h6-10H,11-15H2,1-5H3,(H,27,32)/t24-,25-,26-/m0/s1. The molecule has 0 spiro atoms. The van der Waals surface area contributed by atoms with Gasteiger partial charge in [0.1, 0.15) is 22.4 Å². The number of aliphatic imine (C=N–C) groups is 3. The number of nitrogens with one attached hydrogen (secondary N) is 1. The highest BCUT2D eigenvalue weighted by Gasteiger charge is 2.48. The predicted octanol–water partition coefficient (Wildman–Crippen LogP) is 5.14. The van der Waals surface area contributed by atoms with Crippen LogP contribution in [0, 0.1) is 6.92 Å². The van der Waals surface area contributed by atoms with Gasteiger partial charge in [-0.2, -0.15) is 0 Å². The van der Waals surface area contributed by atoms with E-state index in [1.165, 1.54) is 10.6 Å². The van der Waals surface area contributed by atoms with Gasteiger partial charge in [-0.25, -0.2) is 4.98 Å². The van der Waals surface area contributed by atoms with E-state index in [1.54, 1.807) is 37.5 Å². The number of oxazole rings is 1. The fourth-order valence-electron chi connectivity index (χ4n) is 4.42. The van der Waals surface area contributed by atoms with Crippen molar-refractivity contribution < 1.29 is 9.21 Å². The molecule has 10 heteroatoms. The molecule has 1 N–H and O–H groups in total. The van der Waals surface area contributed by atoms with Gasteiger partial charge in [-0.1, -0.05) is 30.3 Å². The average molecular weight is 542 g/mol. The maximum Gasteiger partial charge on any atom is 0.273 e. The SMILES string of the molecule is CNC(=O)c1nc([C@]2(C)CSC([C@]3(C)CSC([C@]4(C)CSC(CCc5ccccc5)=N4)=N3)=N2)oc1C. The van der Waals surface area contributed by atoms with Gasteiger partial charge in [0, 0.05) is 24.3 Å². The van der Waals surface area contributed by atoms with E-state index >= 15 is 0 Å². The summed E-state index contributed by atoms with van der Waals surface area (Å²) in [5, 5.41) is 5.92. The second-order valence-electron chi connectivity index (χ2n) is 10.0. The monoisotopic (exact) mass is 541 g/mol. The highest BCUT2D eigenvalue weighted by atomic mass is 32.2. The minimum absolute atomic E-state index is 0.249. The van der Waals surface area contributed by atoms with Crippen LogP contribution in [0.5, 0.6) is 0 Å². The van der Waals surface area contributed by atoms with Crippen molar-refractivity contribution in [2.45, 2.75) is 57.2 Å². The molecule has 0 saturated carbocycles. The molecule has 0 aliphatic carbocycles. The number of carbonyl (C=O) groups is 1. The van der Waals surface area contributed by atoms with E-state index < -0.39 is 11.1 Å². The number of carbonyl (C=O) groups excluding carboxylic acids is 1. The molecule has 0 radical (unpaired) electrons. The fraction of sp³-hybridized carbons (Fsp3) is 0.500. The summed E-state index contributed by atoms with van der Waals surface area (Å²) in [6.45, 7) is 8.14. The Morgan fingerprint density at radius 1 is 0.917 bits per heavy atom. The van der Waals surface area contributed by atoms with Crippen molar-refractivity contribution in [3.8, 4) is 0 Å². The van der Waals surface area contributed by atoms with Crippen molar-refractivity contribution in [1.29, 1.82) is 0 Å². The molecular weight excluding hydrogens is 511 g/mol. The second-order valence-corrected chi connectivity index (χ2v) is 13.0. The molecule has 5 rings (SSSR count). The van der Waals surface area contributed by atoms with Gasteiger partial charge in [-0.15, -0.1) is 35.3 Å². The summed E-state index contributed by atoms with van der Waals surface area (Å²) in [5.41, 5.74) is 0.354. The van der Waals surface area contributed by atoms with Gasteiger partial charge in [-0.3, -0.25) is 19.8 Å². The highest BCUT2D eigenvalue weighted by Crippen LogP contribution is 2.46. The molecule has 1 aromatic carbocycles. The fourth-order valence-corrected chi connectivity index (χ4v) is 8.38. The number of rotatable bonds is 7. The van der Waals surface area contributed by atoms with Crippen LogP contribution in [0.15, 0.2) is 49.7 Å². The van der Waals surface area contributed by atoms with E-state index in [-0.39, 0.29) is 11.4 Å². The lowest BCUT2D eigenvalue weighted by atomic mass is 10.0. The van der Waals surface area contributed by atoms with Crippen LogP contribution in [0.3, 0.4) is 0 Å². The topological polar surface area (TPSA) is 92.2 Å². The molecule has 0 saturated heterocycles. The molecule has 4 heterocycles. The summed E-state index contributed by atoms with van der Waals surface area (Å²) in [4.78, 5) is 32.0. The van der Waals surface area contributed by atoms with E-state index in [0.29, 0.717) is 23.1 Å². The van der Waals surface area contributed by atoms with Crippen molar-refractivity contribution in [1.82, 2.24) is 10.3 Å². The van der Waals surface area contributed by atoms with Gasteiger partial charge in [-0.05, 0) is 46.1 Å². The van der Waals surface area contributed by atoms with E-state index in [4.69, 9.17) is 19.4 Å². The van der Waals surface area contributed by atoms with Crippen LogP contribution in [-0.2, 0) is 12.0 Å². The Morgan fingerprint density at radius 3 is 2.22 bits per heavy atom. The first-order valence-electron chi connectivity index (χ1n) is 12.1. The first kappa shape index (κ1) is 25.6. The molecule has 2 aromatic rings. The molecule has 190 valence electrons. The molecule has 0 fully saturated rings. The zero-order valence-corrected chi connectivity index (χ0v) is 23.7. The minimum atomic E-state index is -0.626. The Morgan fingerprint density at radius 2 is 1.53 bits per heavy atom. The second kappa shape index (κ2) is 9.68. The summed E-state index contributed by atoms with van der Waals surface area (Å²) in [6, 6.07) is 10.6. The zero-order valence-electron chi connectivity index (χ0n) is 21.3. The Bertz CT molecular complexity index is 1270. The van der Waals surface area contributed by atoms with Crippen LogP contribution in [-0.4, -0.2) is 61.4 Å². The molecule has 3 aliphatic rings. The average Bonchev–Trinajstić information content (AvgIpc) is 3.65. The van der Waals surface area contributed by atoms with E-state index in [9.17, 15) is 4.79 Å². The molecule has 3 atom stereocenters. The summed E-state index contributed by atoms with van der Waals surface area (Å²) in [5.74, 6) is 3.21. The van der Waals surface area contributed by atoms with Crippen molar-refractivity contribution in [2.24, 2.45) is 15.0 Å². The summed E-state index contributed by atoms with van der Waals surface area (Å²) in [6.07, 6.45) is 1.97. The Balaban J connectivity index is 1.33. The summed E-state index contributed by atoms with van der Waals surface area (Å²) >= 11 is 5.37. The number of nitrogens with zero attached hydrogens (tertiary/aromatic N) is 4. The van der Waals surface area contributed by atoms with E-state index in [0.717, 1.165) is 34.4 Å². The number of amides is 1. The van der Waals surface area contributed by atoms with E-state index in [1.807, 2.05) is 18.7 Å². The van der Waals surface area contributed by atoms with Crippen LogP contribution in [0.4, 0.5) is 0 Å². The van der Waals surface area contributed by atoms with Gasteiger partial charge >= 0.3 is 0 Å². The van der Waals surface area contributed by atoms with Crippen molar-refractivity contribution in [2.75, 3.05) is 24.3 Å². The van der Waals surface area contributed by atoms with Crippen molar-refractivity contribution >= 4 is 56.3 Å². The Kier molecular flexibility index (Phi) is 6.89. The number of thioether (sulfide) groups is 3. The maximum atomic E-state index is 12.1. The Labute approximate surface area is 224 Å². The largest absolute Gasteiger partial charge is 0.442 e. The van der Waals surface area contributed by atoms with Gasteiger partial charge in [0.15, 0.2) is 5.69 Å². The third-order valence-electron chi connectivity index (χ3n) is 6.66. The van der Waals surface area contributed by atoms with Crippen molar-refractivity contribution in [3.05, 3.63) is 53.2 Å². The molecule has 1 aromatic heterocycles. The zero-order chi connectivity index (χ0) is 25.6. The smallest absolute Gasteiger partial charge is 0.273 e. The third-order valence-corrected chi connectivity index (χ3v) is 11.0. The molecule has 3 aliphatic heterocycles. The van der Waals surface area contributed by atoms with Crippen LogP contribution in [0.1, 0.15) is 54.9 Å². The van der Waals surface area contributed by atoms with Gasteiger partial charge in [0.25, 0.3) is 5.91 Å². The highest BCUT2D eigenvalue weighted by molar-refractivity contribution is 8.17. The molecule has 36 heavy (non-hydrogen) atoms. The molecule has 0 unspecified atom stereocenters. The van der Waals surface area contributed by atoms with Crippen LogP contribution >= 0.6 is 35.3 Å².